The number of Topliss-reactive ketones (excluding diaryl/α,β-unsaturated/α-hetero) is 1. The van der Waals surface area contributed by atoms with Crippen molar-refractivity contribution in [1.82, 2.24) is 5.06 Å². The van der Waals surface area contributed by atoms with E-state index in [4.69, 9.17) is 32.8 Å². The molecule has 1 aliphatic rings. The van der Waals surface area contributed by atoms with Crippen LogP contribution in [0.15, 0.2) is 29.5 Å². The molecule has 0 fully saturated rings. The smallest absolute Gasteiger partial charge is 0.284 e. The molecule has 0 radical (unpaired) electrons. The predicted octanol–water partition coefficient (Wildman–Crippen LogP) is 5.12. The van der Waals surface area contributed by atoms with Gasteiger partial charge in [0.1, 0.15) is 0 Å². The molecule has 0 bridgehead atoms. The Morgan fingerprint density at radius 1 is 1.26 bits per heavy atom. The fraction of sp³-hybridized carbons (Fsp3) is 0.500. The van der Waals surface area contributed by atoms with Crippen molar-refractivity contribution in [2.24, 2.45) is 5.41 Å². The van der Waals surface area contributed by atoms with Crippen LogP contribution >= 0.6 is 23.2 Å². The predicted molar refractivity (Wildman–Crippen MR) is 105 cm³/mol. The summed E-state index contributed by atoms with van der Waals surface area (Å²) in [5.41, 5.74) is 1.55. The molecule has 0 N–H and O–H groups in total. The molecule has 1 unspecified atom stereocenters. The number of benzene rings is 1. The maximum absolute atomic E-state index is 12.6. The highest BCUT2D eigenvalue weighted by Gasteiger charge is 2.33. The van der Waals surface area contributed by atoms with Crippen LogP contribution in [0.4, 0.5) is 0 Å². The van der Waals surface area contributed by atoms with E-state index in [-0.39, 0.29) is 17.8 Å². The minimum atomic E-state index is -0.406. The van der Waals surface area contributed by atoms with Gasteiger partial charge in [-0.25, -0.2) is 5.06 Å². The van der Waals surface area contributed by atoms with Crippen LogP contribution in [0.3, 0.4) is 0 Å². The average Bonchev–Trinajstić information content (AvgIpc) is 2.56. The molecule has 1 atom stereocenters. The lowest BCUT2D eigenvalue weighted by Crippen LogP contribution is -2.36. The fourth-order valence-corrected chi connectivity index (χ4v) is 3.70. The number of hydrogen-bond acceptors (Lipinski definition) is 4. The Hall–Kier alpha value is -1.56. The topological polar surface area (TPSA) is 55.8 Å². The van der Waals surface area contributed by atoms with E-state index >= 15 is 0 Å². The van der Waals surface area contributed by atoms with Gasteiger partial charge in [0.05, 0.1) is 23.2 Å². The Labute approximate surface area is 170 Å². The third-order valence-electron chi connectivity index (χ3n) is 4.58. The van der Waals surface area contributed by atoms with Gasteiger partial charge >= 0.3 is 0 Å². The Bertz CT molecular complexity index is 773. The standard InChI is InChI=1S/C20H25Cl2NO4/c1-12-9-20(3,4)10-17(24)19(12)27-11-18(25)23(26-5)13(2)14-6-7-15(21)16(22)8-14/h6-8,13H,9-11H2,1-5H3. The van der Waals surface area contributed by atoms with Gasteiger partial charge in [-0.3, -0.25) is 14.4 Å². The van der Waals surface area contributed by atoms with Crippen molar-refractivity contribution in [1.29, 1.82) is 0 Å². The second kappa shape index (κ2) is 8.63. The van der Waals surface area contributed by atoms with Gasteiger partial charge in [-0.2, -0.15) is 0 Å². The third-order valence-corrected chi connectivity index (χ3v) is 5.32. The minimum absolute atomic E-state index is 0.0713. The van der Waals surface area contributed by atoms with Crippen molar-refractivity contribution < 1.29 is 19.2 Å². The first-order valence-corrected chi connectivity index (χ1v) is 9.48. The number of hydrogen-bond donors (Lipinski definition) is 0. The summed E-state index contributed by atoms with van der Waals surface area (Å²) in [5, 5.41) is 2.04. The van der Waals surface area contributed by atoms with Crippen molar-refractivity contribution in [3.8, 4) is 0 Å². The van der Waals surface area contributed by atoms with Crippen LogP contribution in [-0.4, -0.2) is 30.5 Å². The molecule has 1 aliphatic carbocycles. The molecule has 5 nitrogen and oxygen atoms in total. The van der Waals surface area contributed by atoms with E-state index in [1.807, 2.05) is 20.8 Å². The molecule has 0 saturated heterocycles. The number of rotatable bonds is 6. The van der Waals surface area contributed by atoms with E-state index in [0.717, 1.165) is 17.6 Å². The van der Waals surface area contributed by atoms with Gasteiger partial charge in [0.2, 0.25) is 0 Å². The summed E-state index contributed by atoms with van der Waals surface area (Å²) in [7, 11) is 1.41. The zero-order chi connectivity index (χ0) is 20.4. The normalized spacial score (nSPS) is 17.7. The molecule has 0 spiro atoms. The van der Waals surface area contributed by atoms with Gasteiger partial charge in [0.15, 0.2) is 18.1 Å². The SMILES string of the molecule is CON(C(=O)COC1=C(C)CC(C)(C)CC1=O)C(C)c1ccc(Cl)c(Cl)c1. The van der Waals surface area contributed by atoms with Crippen molar-refractivity contribution in [2.45, 2.75) is 46.6 Å². The summed E-state index contributed by atoms with van der Waals surface area (Å²) in [5.74, 6) is -0.173. The van der Waals surface area contributed by atoms with E-state index in [1.165, 1.54) is 12.2 Å². The van der Waals surface area contributed by atoms with Gasteiger partial charge in [0.25, 0.3) is 5.91 Å². The number of halogens is 2. The first-order valence-electron chi connectivity index (χ1n) is 8.72. The summed E-state index contributed by atoms with van der Waals surface area (Å²) < 4.78 is 5.59. The zero-order valence-corrected chi connectivity index (χ0v) is 17.8. The van der Waals surface area contributed by atoms with Gasteiger partial charge in [-0.05, 0) is 49.0 Å². The van der Waals surface area contributed by atoms with E-state index in [9.17, 15) is 9.59 Å². The number of carbonyl (C=O) groups excluding carboxylic acids is 2. The molecule has 27 heavy (non-hydrogen) atoms. The van der Waals surface area contributed by atoms with Crippen molar-refractivity contribution >= 4 is 34.9 Å². The molecular formula is C20H25Cl2NO4. The first kappa shape index (κ1) is 21.7. The highest BCUT2D eigenvalue weighted by Crippen LogP contribution is 2.37. The number of hydroxylamine groups is 2. The van der Waals surface area contributed by atoms with Gasteiger partial charge in [-0.15, -0.1) is 0 Å². The molecule has 0 aliphatic heterocycles. The Morgan fingerprint density at radius 2 is 1.93 bits per heavy atom. The third kappa shape index (κ3) is 5.24. The number of carbonyl (C=O) groups is 2. The summed E-state index contributed by atoms with van der Waals surface area (Å²) in [6.07, 6.45) is 1.16. The maximum atomic E-state index is 12.6. The lowest BCUT2D eigenvalue weighted by atomic mass is 9.76. The van der Waals surface area contributed by atoms with Gasteiger partial charge in [0, 0.05) is 6.42 Å². The number of allylic oxidation sites excluding steroid dienone is 2. The fourth-order valence-electron chi connectivity index (χ4n) is 3.40. The van der Waals surface area contributed by atoms with Crippen molar-refractivity contribution in [3.05, 3.63) is 45.1 Å². The van der Waals surface area contributed by atoms with Crippen LogP contribution in [0.2, 0.25) is 10.0 Å². The summed E-state index contributed by atoms with van der Waals surface area (Å²) in [4.78, 5) is 30.2. The van der Waals surface area contributed by atoms with Crippen LogP contribution in [-0.2, 0) is 19.2 Å². The number of ketones is 1. The van der Waals surface area contributed by atoms with Crippen LogP contribution in [0, 0.1) is 5.41 Å². The van der Waals surface area contributed by atoms with Crippen LogP contribution < -0.4 is 0 Å². The van der Waals surface area contributed by atoms with Crippen molar-refractivity contribution in [2.75, 3.05) is 13.7 Å². The zero-order valence-electron chi connectivity index (χ0n) is 16.3. The average molecular weight is 414 g/mol. The maximum Gasteiger partial charge on any atom is 0.284 e. The lowest BCUT2D eigenvalue weighted by Gasteiger charge is -2.31. The molecule has 148 valence electrons. The highest BCUT2D eigenvalue weighted by molar-refractivity contribution is 6.42. The molecular weight excluding hydrogens is 389 g/mol. The molecule has 0 aromatic heterocycles. The van der Waals surface area contributed by atoms with E-state index in [1.54, 1.807) is 25.1 Å². The Kier molecular flexibility index (Phi) is 6.95. The molecule has 7 heteroatoms. The molecule has 0 saturated carbocycles. The molecule has 0 heterocycles. The molecule has 1 amide bonds. The first-order chi connectivity index (χ1) is 12.6. The van der Waals surface area contributed by atoms with Crippen LogP contribution in [0.5, 0.6) is 0 Å². The van der Waals surface area contributed by atoms with Crippen molar-refractivity contribution in [3.63, 3.8) is 0 Å². The van der Waals surface area contributed by atoms with Crippen LogP contribution in [0.1, 0.15) is 52.1 Å². The Morgan fingerprint density at radius 3 is 2.48 bits per heavy atom. The minimum Gasteiger partial charge on any atom is -0.480 e. The number of nitrogens with zero attached hydrogens (tertiary/aromatic N) is 1. The Balaban J connectivity index is 2.09. The molecule has 1 aromatic carbocycles. The van der Waals surface area contributed by atoms with Crippen LogP contribution in [0.25, 0.3) is 0 Å². The van der Waals surface area contributed by atoms with E-state index in [2.05, 4.69) is 0 Å². The number of amides is 1. The van der Waals surface area contributed by atoms with Gasteiger partial charge < -0.3 is 4.74 Å². The second-order valence-electron chi connectivity index (χ2n) is 7.59. The van der Waals surface area contributed by atoms with E-state index in [0.29, 0.717) is 22.2 Å². The summed E-state index contributed by atoms with van der Waals surface area (Å²) in [6, 6.07) is 4.73. The van der Waals surface area contributed by atoms with E-state index < -0.39 is 11.9 Å². The second-order valence-corrected chi connectivity index (χ2v) is 8.41. The highest BCUT2D eigenvalue weighted by atomic mass is 35.5. The monoisotopic (exact) mass is 413 g/mol. The molecule has 1 aromatic rings. The quantitative estimate of drug-likeness (QED) is 0.606. The molecule has 2 rings (SSSR count). The summed E-state index contributed by atoms with van der Waals surface area (Å²) in [6.45, 7) is 7.48. The number of ether oxygens (including phenoxy) is 1. The largest absolute Gasteiger partial charge is 0.480 e. The van der Waals surface area contributed by atoms with Gasteiger partial charge in [-0.1, -0.05) is 43.1 Å². The summed E-state index contributed by atoms with van der Waals surface area (Å²) >= 11 is 12.0. The lowest BCUT2D eigenvalue weighted by molar-refractivity contribution is -0.191.